The summed E-state index contributed by atoms with van der Waals surface area (Å²) in [6.45, 7) is 2.06. The predicted octanol–water partition coefficient (Wildman–Crippen LogP) is 4.23. The fraction of sp³-hybridized carbons (Fsp3) is 0.182. The number of nitrogens with zero attached hydrogens (tertiary/aromatic N) is 1. The number of rotatable bonds is 6. The van der Waals surface area contributed by atoms with E-state index < -0.39 is 0 Å². The van der Waals surface area contributed by atoms with E-state index in [1.807, 2.05) is 48.5 Å². The van der Waals surface area contributed by atoms with Gasteiger partial charge in [0.2, 0.25) is 5.91 Å². The molecule has 3 nitrogen and oxygen atoms in total. The number of nitrogens with one attached hydrogen (secondary N) is 1. The van der Waals surface area contributed by atoms with Gasteiger partial charge in [-0.3, -0.25) is 9.78 Å². The molecular formula is C22H22N2O. The van der Waals surface area contributed by atoms with Crippen LogP contribution in [0.5, 0.6) is 0 Å². The minimum absolute atomic E-state index is 0.0279. The Morgan fingerprint density at radius 1 is 0.960 bits per heavy atom. The first kappa shape index (κ1) is 16.9. The third-order valence-electron chi connectivity index (χ3n) is 4.18. The van der Waals surface area contributed by atoms with E-state index in [1.54, 1.807) is 6.20 Å². The zero-order chi connectivity index (χ0) is 17.5. The summed E-state index contributed by atoms with van der Waals surface area (Å²) in [5.74, 6) is 0.0279. The molecular weight excluding hydrogens is 308 g/mol. The molecule has 3 aromatic rings. The van der Waals surface area contributed by atoms with Crippen LogP contribution in [0.4, 0.5) is 0 Å². The highest BCUT2D eigenvalue weighted by molar-refractivity contribution is 5.77. The summed E-state index contributed by atoms with van der Waals surface area (Å²) in [5, 5.41) is 3.13. The van der Waals surface area contributed by atoms with Gasteiger partial charge in [-0.2, -0.15) is 0 Å². The van der Waals surface area contributed by atoms with Gasteiger partial charge < -0.3 is 5.32 Å². The van der Waals surface area contributed by atoms with Crippen molar-refractivity contribution >= 4 is 5.91 Å². The lowest BCUT2D eigenvalue weighted by molar-refractivity contribution is -0.121. The Bertz CT molecular complexity index is 759. The van der Waals surface area contributed by atoms with E-state index >= 15 is 0 Å². The third kappa shape index (κ3) is 4.77. The molecule has 1 heterocycles. The second-order valence-electron chi connectivity index (χ2n) is 6.15. The number of pyridine rings is 1. The Hall–Kier alpha value is -2.94. The Morgan fingerprint density at radius 2 is 1.68 bits per heavy atom. The Labute approximate surface area is 148 Å². The van der Waals surface area contributed by atoms with Gasteiger partial charge in [-0.1, -0.05) is 66.2 Å². The summed E-state index contributed by atoms with van der Waals surface area (Å²) in [6.07, 6.45) is 2.94. The van der Waals surface area contributed by atoms with Crippen LogP contribution in [0.25, 0.3) is 0 Å². The molecule has 0 aliphatic rings. The van der Waals surface area contributed by atoms with Crippen molar-refractivity contribution in [2.24, 2.45) is 0 Å². The van der Waals surface area contributed by atoms with Crippen LogP contribution >= 0.6 is 0 Å². The molecule has 0 spiro atoms. The number of aryl methyl sites for hydroxylation is 2. The van der Waals surface area contributed by atoms with Crippen molar-refractivity contribution in [1.29, 1.82) is 0 Å². The molecule has 3 rings (SSSR count). The quantitative estimate of drug-likeness (QED) is 0.735. The van der Waals surface area contributed by atoms with Crippen LogP contribution in [-0.4, -0.2) is 10.9 Å². The normalized spacial score (nSPS) is 11.7. The summed E-state index contributed by atoms with van der Waals surface area (Å²) in [7, 11) is 0. The SMILES string of the molecule is Cc1ccc(CCC(=O)NC(c2ccccc2)c2ccccn2)cc1. The van der Waals surface area contributed by atoms with Crippen molar-refractivity contribution in [3.63, 3.8) is 0 Å². The number of amides is 1. The van der Waals surface area contributed by atoms with Crippen LogP contribution in [0.1, 0.15) is 34.8 Å². The van der Waals surface area contributed by atoms with Crippen molar-refractivity contribution in [2.75, 3.05) is 0 Å². The number of carbonyl (C=O) groups is 1. The van der Waals surface area contributed by atoms with Crippen molar-refractivity contribution in [2.45, 2.75) is 25.8 Å². The summed E-state index contributed by atoms with van der Waals surface area (Å²) >= 11 is 0. The third-order valence-corrected chi connectivity index (χ3v) is 4.18. The van der Waals surface area contributed by atoms with Gasteiger partial charge in [0.1, 0.15) is 0 Å². The second-order valence-corrected chi connectivity index (χ2v) is 6.15. The van der Waals surface area contributed by atoms with Crippen molar-refractivity contribution in [3.05, 3.63) is 101 Å². The molecule has 126 valence electrons. The number of aromatic nitrogens is 1. The van der Waals surface area contributed by atoms with E-state index in [0.717, 1.165) is 17.7 Å². The first-order valence-corrected chi connectivity index (χ1v) is 8.53. The van der Waals surface area contributed by atoms with Crippen LogP contribution in [-0.2, 0) is 11.2 Å². The zero-order valence-corrected chi connectivity index (χ0v) is 14.4. The van der Waals surface area contributed by atoms with Gasteiger partial charge in [0.15, 0.2) is 0 Å². The summed E-state index contributed by atoms with van der Waals surface area (Å²) < 4.78 is 0. The molecule has 1 amide bonds. The zero-order valence-electron chi connectivity index (χ0n) is 14.4. The minimum Gasteiger partial charge on any atom is -0.344 e. The molecule has 0 fully saturated rings. The average Bonchev–Trinajstić information content (AvgIpc) is 2.67. The fourth-order valence-electron chi connectivity index (χ4n) is 2.77. The topological polar surface area (TPSA) is 42.0 Å². The van der Waals surface area contributed by atoms with E-state index in [1.165, 1.54) is 11.1 Å². The van der Waals surface area contributed by atoms with Crippen molar-refractivity contribution in [3.8, 4) is 0 Å². The molecule has 0 bridgehead atoms. The van der Waals surface area contributed by atoms with Crippen LogP contribution in [0, 0.1) is 6.92 Å². The molecule has 25 heavy (non-hydrogen) atoms. The fourth-order valence-corrected chi connectivity index (χ4v) is 2.77. The van der Waals surface area contributed by atoms with Crippen LogP contribution in [0.3, 0.4) is 0 Å². The first-order valence-electron chi connectivity index (χ1n) is 8.53. The van der Waals surface area contributed by atoms with Crippen molar-refractivity contribution < 1.29 is 4.79 Å². The van der Waals surface area contributed by atoms with Crippen LogP contribution in [0.15, 0.2) is 79.0 Å². The molecule has 0 aliphatic carbocycles. The molecule has 1 aromatic heterocycles. The van der Waals surface area contributed by atoms with Crippen molar-refractivity contribution in [1.82, 2.24) is 10.3 Å². The van der Waals surface area contributed by atoms with Gasteiger partial charge in [-0.25, -0.2) is 0 Å². The molecule has 1 N–H and O–H groups in total. The summed E-state index contributed by atoms with van der Waals surface area (Å²) in [4.78, 5) is 16.9. The molecule has 3 heteroatoms. The Balaban J connectivity index is 1.69. The Morgan fingerprint density at radius 3 is 2.36 bits per heavy atom. The summed E-state index contributed by atoms with van der Waals surface area (Å²) in [6, 6.07) is 23.8. The monoisotopic (exact) mass is 330 g/mol. The highest BCUT2D eigenvalue weighted by Gasteiger charge is 2.17. The van der Waals surface area contributed by atoms with E-state index in [9.17, 15) is 4.79 Å². The molecule has 0 saturated heterocycles. The molecule has 0 aliphatic heterocycles. The van der Waals surface area contributed by atoms with E-state index in [2.05, 4.69) is 41.5 Å². The van der Waals surface area contributed by atoms with Gasteiger partial charge >= 0.3 is 0 Å². The number of hydrogen-bond donors (Lipinski definition) is 1. The largest absolute Gasteiger partial charge is 0.344 e. The smallest absolute Gasteiger partial charge is 0.221 e. The van der Waals surface area contributed by atoms with E-state index in [-0.39, 0.29) is 11.9 Å². The van der Waals surface area contributed by atoms with Gasteiger partial charge in [-0.05, 0) is 36.6 Å². The molecule has 1 atom stereocenters. The van der Waals surface area contributed by atoms with Gasteiger partial charge in [0.05, 0.1) is 11.7 Å². The molecule has 0 radical (unpaired) electrons. The maximum atomic E-state index is 12.5. The lowest BCUT2D eigenvalue weighted by Gasteiger charge is -2.19. The highest BCUT2D eigenvalue weighted by Crippen LogP contribution is 2.20. The molecule has 0 saturated carbocycles. The number of carbonyl (C=O) groups excluding carboxylic acids is 1. The maximum absolute atomic E-state index is 12.5. The lowest BCUT2D eigenvalue weighted by Crippen LogP contribution is -2.30. The maximum Gasteiger partial charge on any atom is 0.221 e. The molecule has 1 unspecified atom stereocenters. The van der Waals surface area contributed by atoms with Gasteiger partial charge in [-0.15, -0.1) is 0 Å². The van der Waals surface area contributed by atoms with E-state index in [4.69, 9.17) is 0 Å². The van der Waals surface area contributed by atoms with Crippen LogP contribution < -0.4 is 5.32 Å². The Kier molecular flexibility index (Phi) is 5.57. The average molecular weight is 330 g/mol. The first-order chi connectivity index (χ1) is 12.2. The summed E-state index contributed by atoms with van der Waals surface area (Å²) in [5.41, 5.74) is 4.28. The second kappa shape index (κ2) is 8.25. The van der Waals surface area contributed by atoms with E-state index in [0.29, 0.717) is 6.42 Å². The standard InChI is InChI=1S/C22H22N2O/c1-17-10-12-18(13-11-17)14-15-21(25)24-22(19-7-3-2-4-8-19)20-9-5-6-16-23-20/h2-13,16,22H,14-15H2,1H3,(H,24,25). The molecule has 2 aromatic carbocycles. The van der Waals surface area contributed by atoms with Crippen LogP contribution in [0.2, 0.25) is 0 Å². The number of benzene rings is 2. The number of hydrogen-bond acceptors (Lipinski definition) is 2. The predicted molar refractivity (Wildman–Crippen MR) is 100 cm³/mol. The van der Waals surface area contributed by atoms with Gasteiger partial charge in [0.25, 0.3) is 0 Å². The van der Waals surface area contributed by atoms with Gasteiger partial charge in [0, 0.05) is 12.6 Å². The lowest BCUT2D eigenvalue weighted by atomic mass is 10.0. The highest BCUT2D eigenvalue weighted by atomic mass is 16.1. The minimum atomic E-state index is -0.229.